The summed E-state index contributed by atoms with van der Waals surface area (Å²) >= 11 is 0. The molecule has 0 bridgehead atoms. The van der Waals surface area contributed by atoms with E-state index < -0.39 is 17.8 Å². The van der Waals surface area contributed by atoms with Crippen LogP contribution in [-0.4, -0.2) is 18.5 Å². The van der Waals surface area contributed by atoms with Gasteiger partial charge in [0.25, 0.3) is 0 Å². The van der Waals surface area contributed by atoms with Gasteiger partial charge in [0.15, 0.2) is 0 Å². The van der Waals surface area contributed by atoms with E-state index in [0.717, 1.165) is 38.5 Å². The van der Waals surface area contributed by atoms with Crippen molar-refractivity contribution in [3.05, 3.63) is 12.2 Å². The van der Waals surface area contributed by atoms with Crippen molar-refractivity contribution in [3.63, 3.8) is 0 Å². The van der Waals surface area contributed by atoms with Crippen molar-refractivity contribution in [3.8, 4) is 0 Å². The standard InChI is InChI=1S/C20H34O4.Na/c1-2-3-4-5-6-7-8-9-10-13-16-24-20(23)18-15-12-11-14-17(18)19(21)22;/h4-5,17-18H,2-3,6-16H2,1H3,(H,21,22);/q;+1/p-1/b5-4+;. The molecule has 1 aliphatic rings. The summed E-state index contributed by atoms with van der Waals surface area (Å²) in [5.41, 5.74) is 0. The number of esters is 1. The largest absolute Gasteiger partial charge is 1.00 e. The molecular weight excluding hydrogens is 327 g/mol. The Labute approximate surface area is 175 Å². The van der Waals surface area contributed by atoms with Crippen LogP contribution in [0.1, 0.15) is 84.0 Å². The van der Waals surface area contributed by atoms with Crippen molar-refractivity contribution in [1.29, 1.82) is 0 Å². The Morgan fingerprint density at radius 2 is 1.56 bits per heavy atom. The van der Waals surface area contributed by atoms with Crippen molar-refractivity contribution in [2.45, 2.75) is 84.0 Å². The van der Waals surface area contributed by atoms with Gasteiger partial charge in [0.1, 0.15) is 0 Å². The number of hydrogen-bond acceptors (Lipinski definition) is 4. The van der Waals surface area contributed by atoms with E-state index in [-0.39, 0.29) is 35.5 Å². The van der Waals surface area contributed by atoms with Crippen LogP contribution < -0.4 is 34.7 Å². The molecule has 0 saturated heterocycles. The number of unbranched alkanes of at least 4 members (excludes halogenated alkanes) is 6. The topological polar surface area (TPSA) is 66.4 Å². The monoisotopic (exact) mass is 360 g/mol. The van der Waals surface area contributed by atoms with Gasteiger partial charge in [-0.2, -0.15) is 0 Å². The van der Waals surface area contributed by atoms with Gasteiger partial charge in [-0.05, 0) is 38.5 Å². The number of ether oxygens (including phenoxy) is 1. The Bertz CT molecular complexity index is 395. The Kier molecular flexibility index (Phi) is 15.7. The third-order valence-corrected chi connectivity index (χ3v) is 4.75. The van der Waals surface area contributed by atoms with E-state index in [1.807, 2.05) is 0 Å². The van der Waals surface area contributed by atoms with Crippen molar-refractivity contribution in [1.82, 2.24) is 0 Å². The molecule has 1 aliphatic carbocycles. The number of aliphatic carboxylic acids is 1. The van der Waals surface area contributed by atoms with Crippen LogP contribution in [0.2, 0.25) is 0 Å². The van der Waals surface area contributed by atoms with E-state index in [0.29, 0.717) is 19.4 Å². The van der Waals surface area contributed by atoms with E-state index in [1.165, 1.54) is 25.7 Å². The molecule has 2 unspecified atom stereocenters. The Morgan fingerprint density at radius 3 is 2.24 bits per heavy atom. The molecule has 0 amide bonds. The van der Waals surface area contributed by atoms with Crippen LogP contribution in [0.15, 0.2) is 12.2 Å². The van der Waals surface area contributed by atoms with E-state index in [9.17, 15) is 14.7 Å². The summed E-state index contributed by atoms with van der Waals surface area (Å²) in [5, 5.41) is 11.1. The molecule has 1 rings (SSSR count). The second-order valence-corrected chi connectivity index (χ2v) is 6.80. The van der Waals surface area contributed by atoms with Crippen LogP contribution in [0.4, 0.5) is 0 Å². The number of carboxylic acid groups (broad SMARTS) is 1. The van der Waals surface area contributed by atoms with Crippen LogP contribution in [0.3, 0.4) is 0 Å². The first-order chi connectivity index (χ1) is 11.7. The smallest absolute Gasteiger partial charge is 0.550 e. The molecule has 1 saturated carbocycles. The van der Waals surface area contributed by atoms with Gasteiger partial charge in [0.2, 0.25) is 0 Å². The fourth-order valence-electron chi connectivity index (χ4n) is 3.27. The third-order valence-electron chi connectivity index (χ3n) is 4.75. The third kappa shape index (κ3) is 11.1. The zero-order chi connectivity index (χ0) is 17.6. The predicted molar refractivity (Wildman–Crippen MR) is 93.2 cm³/mol. The van der Waals surface area contributed by atoms with Gasteiger partial charge >= 0.3 is 35.5 Å². The van der Waals surface area contributed by atoms with Gasteiger partial charge in [0, 0.05) is 11.9 Å². The summed E-state index contributed by atoms with van der Waals surface area (Å²) in [6.07, 6.45) is 16.5. The maximum Gasteiger partial charge on any atom is 1.00 e. The van der Waals surface area contributed by atoms with E-state index in [4.69, 9.17) is 4.74 Å². The summed E-state index contributed by atoms with van der Waals surface area (Å²) in [6, 6.07) is 0. The second-order valence-electron chi connectivity index (χ2n) is 6.80. The molecule has 0 aromatic rings. The Morgan fingerprint density at radius 1 is 0.960 bits per heavy atom. The molecule has 0 spiro atoms. The van der Waals surface area contributed by atoms with Gasteiger partial charge in [0.05, 0.1) is 12.5 Å². The van der Waals surface area contributed by atoms with E-state index in [2.05, 4.69) is 19.1 Å². The molecule has 25 heavy (non-hydrogen) atoms. The van der Waals surface area contributed by atoms with Gasteiger partial charge in [-0.25, -0.2) is 0 Å². The van der Waals surface area contributed by atoms with E-state index in [1.54, 1.807) is 0 Å². The number of hydrogen-bond donors (Lipinski definition) is 0. The summed E-state index contributed by atoms with van der Waals surface area (Å²) in [6.45, 7) is 2.59. The van der Waals surface area contributed by atoms with Gasteiger partial charge in [-0.15, -0.1) is 0 Å². The van der Waals surface area contributed by atoms with Gasteiger partial charge in [-0.1, -0.05) is 57.6 Å². The molecule has 0 radical (unpaired) electrons. The normalized spacial score (nSPS) is 20.2. The number of carbonyl (C=O) groups excluding carboxylic acids is 2. The SMILES string of the molecule is CCC/C=C/CCCCCCCOC(=O)C1CCCCC1C(=O)[O-].[Na+]. The maximum absolute atomic E-state index is 12.1. The molecule has 0 aromatic carbocycles. The second kappa shape index (κ2) is 15.9. The van der Waals surface area contributed by atoms with Crippen molar-refractivity contribution < 1.29 is 49.0 Å². The van der Waals surface area contributed by atoms with Gasteiger partial charge in [-0.3, -0.25) is 4.79 Å². The number of carboxylic acids is 1. The minimum Gasteiger partial charge on any atom is -0.550 e. The first-order valence-electron chi connectivity index (χ1n) is 9.69. The minimum atomic E-state index is -1.11. The maximum atomic E-state index is 12.1. The summed E-state index contributed by atoms with van der Waals surface area (Å²) in [7, 11) is 0. The van der Waals surface area contributed by atoms with Crippen molar-refractivity contribution in [2.24, 2.45) is 11.8 Å². The fraction of sp³-hybridized carbons (Fsp3) is 0.800. The summed E-state index contributed by atoms with van der Waals surface area (Å²) < 4.78 is 5.29. The Balaban J connectivity index is 0.00000576. The predicted octanol–water partition coefficient (Wildman–Crippen LogP) is 0.787. The molecular formula is C20H33NaO4. The fourth-order valence-corrected chi connectivity index (χ4v) is 3.27. The van der Waals surface area contributed by atoms with Crippen LogP contribution in [-0.2, 0) is 14.3 Å². The van der Waals surface area contributed by atoms with Crippen LogP contribution >= 0.6 is 0 Å². The Hall–Kier alpha value is -0.320. The zero-order valence-electron chi connectivity index (χ0n) is 16.1. The molecule has 0 aromatic heterocycles. The number of carbonyl (C=O) groups is 2. The molecule has 5 heteroatoms. The zero-order valence-corrected chi connectivity index (χ0v) is 18.1. The average molecular weight is 360 g/mol. The molecule has 0 heterocycles. The van der Waals surface area contributed by atoms with Crippen LogP contribution in [0, 0.1) is 11.8 Å². The number of rotatable bonds is 12. The van der Waals surface area contributed by atoms with E-state index >= 15 is 0 Å². The first-order valence-corrected chi connectivity index (χ1v) is 9.69. The van der Waals surface area contributed by atoms with Crippen molar-refractivity contribution >= 4 is 11.9 Å². The van der Waals surface area contributed by atoms with Gasteiger partial charge < -0.3 is 14.6 Å². The van der Waals surface area contributed by atoms with Crippen LogP contribution in [0.5, 0.6) is 0 Å². The quantitative estimate of drug-likeness (QED) is 0.223. The molecule has 0 aliphatic heterocycles. The molecule has 1 fully saturated rings. The average Bonchev–Trinajstić information content (AvgIpc) is 2.59. The molecule has 4 nitrogen and oxygen atoms in total. The van der Waals surface area contributed by atoms with Crippen molar-refractivity contribution in [2.75, 3.05) is 6.61 Å². The summed E-state index contributed by atoms with van der Waals surface area (Å²) in [4.78, 5) is 23.2. The molecule has 138 valence electrons. The minimum absolute atomic E-state index is 0. The number of allylic oxidation sites excluding steroid dienone is 2. The first kappa shape index (κ1) is 24.7. The summed E-state index contributed by atoms with van der Waals surface area (Å²) in [5.74, 6) is -2.61. The van der Waals surface area contributed by atoms with Crippen LogP contribution in [0.25, 0.3) is 0 Å². The molecule has 2 atom stereocenters. The molecule has 0 N–H and O–H groups in total.